The standard InChI is InChI=1S/C20H28O5/c1-13-6-5-9-19(3,25-22)10-8-17-20(4,24-17)11-7-15-14(2)18(21)23-16(15)12-13/h5,9,12,16-17,22H,6-8,10-11H2,1-4H3. The molecule has 25 heavy (non-hydrogen) atoms. The van der Waals surface area contributed by atoms with Crippen LogP contribution < -0.4 is 0 Å². The lowest BCUT2D eigenvalue weighted by atomic mass is 9.89. The molecule has 138 valence electrons. The Morgan fingerprint density at radius 1 is 1.28 bits per heavy atom. The number of hydrogen-bond donors (Lipinski definition) is 1. The van der Waals surface area contributed by atoms with E-state index in [1.165, 1.54) is 0 Å². The minimum absolute atomic E-state index is 0.160. The Bertz CT molecular complexity index is 646. The van der Waals surface area contributed by atoms with E-state index >= 15 is 0 Å². The van der Waals surface area contributed by atoms with E-state index in [0.29, 0.717) is 6.42 Å². The van der Waals surface area contributed by atoms with Gasteiger partial charge in [0.2, 0.25) is 0 Å². The Kier molecular flexibility index (Phi) is 4.93. The molecule has 3 aliphatic rings. The van der Waals surface area contributed by atoms with Crippen LogP contribution in [0.1, 0.15) is 59.8 Å². The van der Waals surface area contributed by atoms with Gasteiger partial charge in [0, 0.05) is 5.57 Å². The average molecular weight is 348 g/mol. The molecule has 5 nitrogen and oxygen atoms in total. The summed E-state index contributed by atoms with van der Waals surface area (Å²) in [4.78, 5) is 16.7. The third-order valence-electron chi connectivity index (χ3n) is 5.75. The van der Waals surface area contributed by atoms with Gasteiger partial charge in [-0.05, 0) is 71.4 Å². The molecule has 4 atom stereocenters. The van der Waals surface area contributed by atoms with E-state index in [9.17, 15) is 10.1 Å². The summed E-state index contributed by atoms with van der Waals surface area (Å²) in [5.41, 5.74) is 2.04. The summed E-state index contributed by atoms with van der Waals surface area (Å²) in [5.74, 6) is -0.219. The minimum Gasteiger partial charge on any atom is -0.450 e. The maximum Gasteiger partial charge on any atom is 0.334 e. The van der Waals surface area contributed by atoms with Crippen molar-refractivity contribution in [1.82, 2.24) is 0 Å². The minimum atomic E-state index is -0.710. The molecule has 1 fully saturated rings. The molecule has 0 aromatic heterocycles. The number of carbonyl (C=O) groups excluding carboxylic acids is 1. The fourth-order valence-electron chi connectivity index (χ4n) is 3.74. The van der Waals surface area contributed by atoms with Crippen molar-refractivity contribution < 1.29 is 24.4 Å². The predicted molar refractivity (Wildman–Crippen MR) is 94.0 cm³/mol. The van der Waals surface area contributed by atoms with E-state index in [4.69, 9.17) is 14.4 Å². The van der Waals surface area contributed by atoms with Crippen molar-refractivity contribution >= 4 is 5.97 Å². The number of hydrogen-bond acceptors (Lipinski definition) is 5. The Morgan fingerprint density at radius 2 is 2.04 bits per heavy atom. The van der Waals surface area contributed by atoms with Crippen LogP contribution in [0.25, 0.3) is 0 Å². The van der Waals surface area contributed by atoms with Crippen molar-refractivity contribution in [3.05, 3.63) is 34.9 Å². The van der Waals surface area contributed by atoms with Crippen molar-refractivity contribution in [2.75, 3.05) is 0 Å². The van der Waals surface area contributed by atoms with Crippen molar-refractivity contribution in [3.8, 4) is 0 Å². The van der Waals surface area contributed by atoms with Gasteiger partial charge in [-0.25, -0.2) is 9.68 Å². The highest BCUT2D eigenvalue weighted by atomic mass is 17.1. The number of allylic oxidation sites excluding steroid dienone is 2. The lowest BCUT2D eigenvalue weighted by Crippen LogP contribution is -2.26. The molecule has 0 aromatic carbocycles. The quantitative estimate of drug-likeness (QED) is 0.254. The summed E-state index contributed by atoms with van der Waals surface area (Å²) >= 11 is 0. The van der Waals surface area contributed by atoms with Crippen molar-refractivity contribution in [2.45, 2.75) is 83.2 Å². The third kappa shape index (κ3) is 3.89. The highest BCUT2D eigenvalue weighted by Crippen LogP contribution is 2.45. The Morgan fingerprint density at radius 3 is 2.76 bits per heavy atom. The molecule has 2 heterocycles. The van der Waals surface area contributed by atoms with Gasteiger partial charge in [-0.3, -0.25) is 5.26 Å². The third-order valence-corrected chi connectivity index (χ3v) is 5.75. The summed E-state index contributed by atoms with van der Waals surface area (Å²) in [6.07, 6.45) is 9.68. The molecule has 0 aromatic rings. The molecular formula is C20H28O5. The monoisotopic (exact) mass is 348 g/mol. The zero-order valence-corrected chi connectivity index (χ0v) is 15.5. The predicted octanol–water partition coefficient (Wildman–Crippen LogP) is 4.10. The smallest absolute Gasteiger partial charge is 0.334 e. The second-order valence-corrected chi connectivity index (χ2v) is 7.96. The van der Waals surface area contributed by atoms with E-state index in [2.05, 4.69) is 6.92 Å². The Balaban J connectivity index is 1.86. The van der Waals surface area contributed by atoms with Crippen LogP contribution in [0.5, 0.6) is 0 Å². The zero-order valence-electron chi connectivity index (χ0n) is 15.5. The maximum absolute atomic E-state index is 12.0. The average Bonchev–Trinajstić information content (AvgIpc) is 3.14. The molecule has 5 heteroatoms. The van der Waals surface area contributed by atoms with Gasteiger partial charge in [0.1, 0.15) is 11.7 Å². The van der Waals surface area contributed by atoms with Gasteiger partial charge in [-0.1, -0.05) is 17.7 Å². The van der Waals surface area contributed by atoms with Crippen LogP contribution in [0.15, 0.2) is 34.9 Å². The summed E-state index contributed by atoms with van der Waals surface area (Å²) in [6, 6.07) is 0. The molecular weight excluding hydrogens is 320 g/mol. The second kappa shape index (κ2) is 6.71. The first-order chi connectivity index (χ1) is 11.8. The highest BCUT2D eigenvalue weighted by Gasteiger charge is 2.52. The largest absolute Gasteiger partial charge is 0.450 e. The first-order valence-corrected chi connectivity index (χ1v) is 9.02. The summed E-state index contributed by atoms with van der Waals surface area (Å²) in [5, 5.41) is 9.30. The molecule has 1 N–H and O–H groups in total. The number of epoxide rings is 1. The number of fused-ring (bicyclic) bond motifs is 2. The molecule has 1 aliphatic carbocycles. The first kappa shape index (κ1) is 18.4. The molecule has 0 bridgehead atoms. The Hall–Kier alpha value is -1.43. The lowest BCUT2D eigenvalue weighted by molar-refractivity contribution is -0.304. The second-order valence-electron chi connectivity index (χ2n) is 7.96. The SMILES string of the molecule is CC1=CC2OC(=O)C(C)=C2CCC2(C)OC2CCC(C)(OO)C=CC1. The van der Waals surface area contributed by atoms with E-state index in [1.54, 1.807) is 0 Å². The summed E-state index contributed by atoms with van der Waals surface area (Å²) < 4.78 is 11.5. The van der Waals surface area contributed by atoms with Gasteiger partial charge in [0.15, 0.2) is 0 Å². The van der Waals surface area contributed by atoms with Crippen LogP contribution in [0.4, 0.5) is 0 Å². The molecule has 1 saturated heterocycles. The van der Waals surface area contributed by atoms with E-state index < -0.39 is 5.60 Å². The molecule has 3 rings (SSSR count). The van der Waals surface area contributed by atoms with Crippen LogP contribution in [0, 0.1) is 0 Å². The van der Waals surface area contributed by atoms with Crippen molar-refractivity contribution in [1.29, 1.82) is 0 Å². The van der Waals surface area contributed by atoms with Gasteiger partial charge < -0.3 is 9.47 Å². The summed E-state index contributed by atoms with van der Waals surface area (Å²) in [7, 11) is 0. The zero-order chi connectivity index (χ0) is 18.2. The first-order valence-electron chi connectivity index (χ1n) is 9.02. The van der Waals surface area contributed by atoms with E-state index in [0.717, 1.165) is 42.4 Å². The maximum atomic E-state index is 12.0. The van der Waals surface area contributed by atoms with Crippen molar-refractivity contribution in [2.24, 2.45) is 0 Å². The fraction of sp³-hybridized carbons (Fsp3) is 0.650. The highest BCUT2D eigenvalue weighted by molar-refractivity contribution is 5.92. The van der Waals surface area contributed by atoms with E-state index in [1.807, 2.05) is 39.0 Å². The van der Waals surface area contributed by atoms with Gasteiger partial charge in [0.25, 0.3) is 0 Å². The Labute approximate surface area is 149 Å². The van der Waals surface area contributed by atoms with Crippen LogP contribution in [0.3, 0.4) is 0 Å². The molecule has 0 spiro atoms. The molecule has 0 radical (unpaired) electrons. The van der Waals surface area contributed by atoms with Gasteiger partial charge in [-0.2, -0.15) is 0 Å². The number of ether oxygens (including phenoxy) is 2. The summed E-state index contributed by atoms with van der Waals surface area (Å²) in [6.45, 7) is 7.85. The topological polar surface area (TPSA) is 68.3 Å². The van der Waals surface area contributed by atoms with Gasteiger partial charge >= 0.3 is 5.97 Å². The van der Waals surface area contributed by atoms with Gasteiger partial charge in [0.05, 0.1) is 11.7 Å². The lowest BCUT2D eigenvalue weighted by Gasteiger charge is -2.22. The van der Waals surface area contributed by atoms with Crippen LogP contribution in [-0.2, 0) is 19.2 Å². The van der Waals surface area contributed by atoms with Crippen molar-refractivity contribution in [3.63, 3.8) is 0 Å². The molecule has 4 unspecified atom stereocenters. The molecule has 0 amide bonds. The molecule has 0 saturated carbocycles. The van der Waals surface area contributed by atoms with E-state index in [-0.39, 0.29) is 23.8 Å². The number of esters is 1. The van der Waals surface area contributed by atoms with Crippen LogP contribution in [-0.4, -0.2) is 34.6 Å². The normalized spacial score (nSPS) is 39.2. The number of carbonyl (C=O) groups is 1. The number of rotatable bonds is 1. The fourth-order valence-corrected chi connectivity index (χ4v) is 3.74. The van der Waals surface area contributed by atoms with Crippen LogP contribution in [0.2, 0.25) is 0 Å². The van der Waals surface area contributed by atoms with Gasteiger partial charge in [-0.15, -0.1) is 0 Å². The molecule has 2 aliphatic heterocycles. The van der Waals surface area contributed by atoms with Crippen LogP contribution >= 0.6 is 0 Å².